The van der Waals surface area contributed by atoms with Gasteiger partial charge in [0, 0.05) is 48.5 Å². The minimum absolute atomic E-state index is 0.0692. The summed E-state index contributed by atoms with van der Waals surface area (Å²) in [7, 11) is 0. The lowest BCUT2D eigenvalue weighted by Crippen LogP contribution is -2.34. The predicted octanol–water partition coefficient (Wildman–Crippen LogP) is 1.93. The summed E-state index contributed by atoms with van der Waals surface area (Å²) in [5, 5.41) is 3.54. The number of nitrogens with zero attached hydrogens (tertiary/aromatic N) is 4. The average Bonchev–Trinajstić information content (AvgIpc) is 3.38. The summed E-state index contributed by atoms with van der Waals surface area (Å²) in [4.78, 5) is 46.3. The van der Waals surface area contributed by atoms with Gasteiger partial charge in [-0.25, -0.2) is 9.97 Å². The minimum Gasteiger partial charge on any atom is -0.354 e. The quantitative estimate of drug-likeness (QED) is 0.705. The van der Waals surface area contributed by atoms with Crippen molar-refractivity contribution < 1.29 is 4.79 Å². The zero-order valence-corrected chi connectivity index (χ0v) is 18.2. The summed E-state index contributed by atoms with van der Waals surface area (Å²) in [6.07, 6.45) is 6.42. The van der Waals surface area contributed by atoms with Crippen molar-refractivity contribution in [1.29, 1.82) is 0 Å². The normalized spacial score (nSPS) is 18.5. The van der Waals surface area contributed by atoms with E-state index in [1.54, 1.807) is 23.9 Å². The number of hydrogen-bond donors (Lipinski definition) is 1. The molecular weight excluding hydrogens is 402 g/mol. The molecule has 1 N–H and O–H groups in total. The highest BCUT2D eigenvalue weighted by molar-refractivity contribution is 7.99. The highest BCUT2D eigenvalue weighted by atomic mass is 32.2. The number of carbonyl (C=O) groups excluding carboxylic acids is 1. The molecule has 0 radical (unpaired) electrons. The van der Waals surface area contributed by atoms with E-state index >= 15 is 0 Å². The Kier molecular flexibility index (Phi) is 6.08. The number of fused-ring (bicyclic) bond motifs is 1. The maximum atomic E-state index is 12.6. The zero-order valence-electron chi connectivity index (χ0n) is 17.4. The lowest BCUT2D eigenvalue weighted by molar-refractivity contribution is -0.121. The number of amides is 1. The summed E-state index contributed by atoms with van der Waals surface area (Å²) in [5.41, 5.74) is 2.10. The van der Waals surface area contributed by atoms with Crippen LogP contribution in [0.1, 0.15) is 61.0 Å². The van der Waals surface area contributed by atoms with Crippen LogP contribution in [0.5, 0.6) is 0 Å². The van der Waals surface area contributed by atoms with Gasteiger partial charge in [0.15, 0.2) is 5.16 Å². The molecule has 1 aliphatic carbocycles. The standard InChI is InChI=1S/C21H27N5O3S/c1-13-14(2)24-21-26(20(13)29)16(11-30-21)9-18(27)22-7-8-25-12-23-17(10-19(25)28)15-5-3-4-6-15/h10,12,15-16H,3-9,11H2,1-2H3,(H,22,27). The SMILES string of the molecule is Cc1nc2n(c(=O)c1C)C(CC(=O)NCCn1cnc(C3CCCC3)cc1=O)CS2. The van der Waals surface area contributed by atoms with E-state index in [2.05, 4.69) is 15.3 Å². The molecule has 3 heterocycles. The predicted molar refractivity (Wildman–Crippen MR) is 115 cm³/mol. The van der Waals surface area contributed by atoms with Crippen LogP contribution < -0.4 is 16.4 Å². The number of hydrogen-bond acceptors (Lipinski definition) is 6. The van der Waals surface area contributed by atoms with Crippen LogP contribution >= 0.6 is 11.8 Å². The van der Waals surface area contributed by atoms with E-state index in [1.807, 2.05) is 6.92 Å². The Hall–Kier alpha value is -2.42. The van der Waals surface area contributed by atoms with Crippen molar-refractivity contribution >= 4 is 17.7 Å². The second-order valence-electron chi connectivity index (χ2n) is 8.13. The first kappa shape index (κ1) is 20.8. The average molecular weight is 430 g/mol. The first-order valence-electron chi connectivity index (χ1n) is 10.5. The molecule has 8 nitrogen and oxygen atoms in total. The molecule has 0 bridgehead atoms. The third-order valence-electron chi connectivity index (χ3n) is 6.09. The van der Waals surface area contributed by atoms with Crippen LogP contribution in [-0.4, -0.2) is 37.3 Å². The third-order valence-corrected chi connectivity index (χ3v) is 7.19. The van der Waals surface area contributed by atoms with Gasteiger partial charge in [-0.1, -0.05) is 24.6 Å². The zero-order chi connectivity index (χ0) is 21.3. The molecule has 160 valence electrons. The van der Waals surface area contributed by atoms with Crippen LogP contribution in [-0.2, 0) is 11.3 Å². The molecule has 9 heteroatoms. The number of aryl methyl sites for hydroxylation is 1. The highest BCUT2D eigenvalue weighted by Crippen LogP contribution is 2.33. The molecule has 2 aromatic heterocycles. The van der Waals surface area contributed by atoms with Gasteiger partial charge in [0.1, 0.15) is 0 Å². The van der Waals surface area contributed by atoms with Gasteiger partial charge in [0.2, 0.25) is 5.91 Å². The fraction of sp³-hybridized carbons (Fsp3) is 0.571. The maximum Gasteiger partial charge on any atom is 0.257 e. The molecule has 0 aromatic carbocycles. The van der Waals surface area contributed by atoms with E-state index in [0.29, 0.717) is 35.5 Å². The number of thioether (sulfide) groups is 1. The Morgan fingerprint density at radius 1 is 1.27 bits per heavy atom. The van der Waals surface area contributed by atoms with Crippen LogP contribution in [0, 0.1) is 13.8 Å². The number of aromatic nitrogens is 4. The largest absolute Gasteiger partial charge is 0.354 e. The lowest BCUT2D eigenvalue weighted by Gasteiger charge is -2.15. The van der Waals surface area contributed by atoms with Crippen LogP contribution in [0.4, 0.5) is 0 Å². The molecule has 1 fully saturated rings. The van der Waals surface area contributed by atoms with Crippen molar-refractivity contribution in [2.24, 2.45) is 0 Å². The minimum atomic E-state index is -0.195. The van der Waals surface area contributed by atoms with Crippen molar-refractivity contribution in [2.45, 2.75) is 69.6 Å². The summed E-state index contributed by atoms with van der Waals surface area (Å²) < 4.78 is 3.17. The molecule has 1 saturated carbocycles. The van der Waals surface area contributed by atoms with Gasteiger partial charge in [-0.05, 0) is 26.7 Å². The van der Waals surface area contributed by atoms with E-state index in [4.69, 9.17) is 0 Å². The van der Waals surface area contributed by atoms with Crippen molar-refractivity contribution in [1.82, 2.24) is 24.4 Å². The monoisotopic (exact) mass is 429 g/mol. The molecule has 0 saturated heterocycles. The molecule has 1 amide bonds. The molecule has 2 aliphatic rings. The molecule has 1 aliphatic heterocycles. The first-order chi connectivity index (χ1) is 14.4. The lowest BCUT2D eigenvalue weighted by atomic mass is 10.0. The van der Waals surface area contributed by atoms with E-state index < -0.39 is 0 Å². The number of carbonyl (C=O) groups is 1. The Morgan fingerprint density at radius 2 is 2.03 bits per heavy atom. The van der Waals surface area contributed by atoms with E-state index in [9.17, 15) is 14.4 Å². The fourth-order valence-corrected chi connectivity index (χ4v) is 5.36. The van der Waals surface area contributed by atoms with Crippen LogP contribution in [0.25, 0.3) is 0 Å². The van der Waals surface area contributed by atoms with Crippen molar-refractivity contribution in [3.05, 3.63) is 50.1 Å². The molecule has 1 unspecified atom stereocenters. The topological polar surface area (TPSA) is 98.9 Å². The van der Waals surface area contributed by atoms with Gasteiger partial charge in [-0.15, -0.1) is 0 Å². The van der Waals surface area contributed by atoms with Crippen LogP contribution in [0.2, 0.25) is 0 Å². The second-order valence-corrected chi connectivity index (χ2v) is 9.11. The summed E-state index contributed by atoms with van der Waals surface area (Å²) in [6.45, 7) is 4.31. The Balaban J connectivity index is 1.32. The van der Waals surface area contributed by atoms with Crippen LogP contribution in [0.3, 0.4) is 0 Å². The Bertz CT molecular complexity index is 1070. The Labute approximate surface area is 179 Å². The van der Waals surface area contributed by atoms with Gasteiger partial charge < -0.3 is 5.32 Å². The summed E-state index contributed by atoms with van der Waals surface area (Å²) in [5.74, 6) is 0.927. The first-order valence-corrected chi connectivity index (χ1v) is 11.5. The van der Waals surface area contributed by atoms with Crippen molar-refractivity contribution in [2.75, 3.05) is 12.3 Å². The molecule has 30 heavy (non-hydrogen) atoms. The number of nitrogens with one attached hydrogen (secondary N) is 1. The fourth-order valence-electron chi connectivity index (χ4n) is 4.18. The molecule has 4 rings (SSSR count). The van der Waals surface area contributed by atoms with Gasteiger partial charge in [-0.2, -0.15) is 0 Å². The maximum absolute atomic E-state index is 12.6. The Morgan fingerprint density at radius 3 is 2.77 bits per heavy atom. The van der Waals surface area contributed by atoms with Gasteiger partial charge in [-0.3, -0.25) is 23.5 Å². The van der Waals surface area contributed by atoms with Gasteiger partial charge in [0.25, 0.3) is 11.1 Å². The van der Waals surface area contributed by atoms with Gasteiger partial charge >= 0.3 is 0 Å². The van der Waals surface area contributed by atoms with E-state index in [-0.39, 0.29) is 29.5 Å². The highest BCUT2D eigenvalue weighted by Gasteiger charge is 2.28. The molecule has 0 spiro atoms. The second kappa shape index (κ2) is 8.75. The van der Waals surface area contributed by atoms with Gasteiger partial charge in [0.05, 0.1) is 18.1 Å². The third kappa shape index (κ3) is 4.21. The molecule has 2 aromatic rings. The van der Waals surface area contributed by atoms with Crippen molar-refractivity contribution in [3.8, 4) is 0 Å². The van der Waals surface area contributed by atoms with Crippen LogP contribution in [0.15, 0.2) is 27.1 Å². The van der Waals surface area contributed by atoms with E-state index in [0.717, 1.165) is 24.2 Å². The van der Waals surface area contributed by atoms with Crippen molar-refractivity contribution in [3.63, 3.8) is 0 Å². The summed E-state index contributed by atoms with van der Waals surface area (Å²) in [6, 6.07) is 1.44. The van der Waals surface area contributed by atoms with E-state index in [1.165, 1.54) is 29.2 Å². The number of rotatable bonds is 6. The molecule has 1 atom stereocenters. The molecular formula is C21H27N5O3S. The smallest absolute Gasteiger partial charge is 0.257 e. The summed E-state index contributed by atoms with van der Waals surface area (Å²) >= 11 is 1.51.